The summed E-state index contributed by atoms with van der Waals surface area (Å²) in [5.41, 5.74) is 2.51. The Hall–Kier alpha value is -1.92. The fraction of sp³-hybridized carbons (Fsp3) is 0.400. The molecule has 1 fully saturated rings. The van der Waals surface area contributed by atoms with Crippen LogP contribution in [0.2, 0.25) is 0 Å². The molecule has 6 nitrogen and oxygen atoms in total. The monoisotopic (exact) mass is 321 g/mol. The molecule has 0 aromatic carbocycles. The summed E-state index contributed by atoms with van der Waals surface area (Å²) in [4.78, 5) is 18.7. The van der Waals surface area contributed by atoms with E-state index in [1.54, 1.807) is 6.20 Å². The molecule has 1 aliphatic heterocycles. The maximum absolute atomic E-state index is 12.7. The Morgan fingerprint density at radius 2 is 2.36 bits per heavy atom. The lowest BCUT2D eigenvalue weighted by Gasteiger charge is -2.35. The maximum atomic E-state index is 12.7. The average Bonchev–Trinajstić information content (AvgIpc) is 3.04. The molecule has 1 unspecified atom stereocenters. The molecule has 3 rings (SSSR count). The van der Waals surface area contributed by atoms with E-state index in [-0.39, 0.29) is 24.4 Å². The summed E-state index contributed by atoms with van der Waals surface area (Å²) in [7, 11) is 0. The Morgan fingerprint density at radius 1 is 1.50 bits per heavy atom. The number of nitrogens with one attached hydrogen (secondary N) is 2. The molecule has 1 amide bonds. The van der Waals surface area contributed by atoms with Crippen LogP contribution in [0.25, 0.3) is 0 Å². The molecular weight excluding hydrogens is 302 g/mol. The van der Waals surface area contributed by atoms with Crippen molar-refractivity contribution in [3.05, 3.63) is 47.5 Å². The Kier molecular flexibility index (Phi) is 5.51. The molecule has 0 bridgehead atoms. The molecule has 1 atom stereocenters. The van der Waals surface area contributed by atoms with Crippen LogP contribution in [-0.4, -0.2) is 45.6 Å². The number of rotatable bonds is 3. The third-order valence-corrected chi connectivity index (χ3v) is 3.80. The van der Waals surface area contributed by atoms with Gasteiger partial charge in [0.2, 0.25) is 0 Å². The van der Waals surface area contributed by atoms with E-state index in [4.69, 9.17) is 0 Å². The van der Waals surface area contributed by atoms with Gasteiger partial charge in [-0.05, 0) is 24.1 Å². The Bertz CT molecular complexity index is 615. The zero-order valence-electron chi connectivity index (χ0n) is 12.5. The second kappa shape index (κ2) is 7.38. The van der Waals surface area contributed by atoms with E-state index in [2.05, 4.69) is 20.5 Å². The van der Waals surface area contributed by atoms with Gasteiger partial charge < -0.3 is 10.2 Å². The highest BCUT2D eigenvalue weighted by Gasteiger charge is 2.29. The van der Waals surface area contributed by atoms with Gasteiger partial charge in [-0.25, -0.2) is 0 Å². The number of piperazine rings is 1. The Balaban J connectivity index is 0.00000176. The summed E-state index contributed by atoms with van der Waals surface area (Å²) >= 11 is 0. The van der Waals surface area contributed by atoms with E-state index in [1.807, 2.05) is 36.2 Å². The van der Waals surface area contributed by atoms with Gasteiger partial charge in [0.1, 0.15) is 5.69 Å². The molecule has 0 spiro atoms. The molecule has 2 aromatic rings. The smallest absolute Gasteiger partial charge is 0.274 e. The number of carbonyl (C=O) groups is 1. The van der Waals surface area contributed by atoms with Crippen molar-refractivity contribution in [3.63, 3.8) is 0 Å². The molecule has 0 aliphatic carbocycles. The summed E-state index contributed by atoms with van der Waals surface area (Å²) in [6.07, 6.45) is 4.40. The molecule has 1 aliphatic rings. The van der Waals surface area contributed by atoms with E-state index < -0.39 is 0 Å². The van der Waals surface area contributed by atoms with Crippen LogP contribution in [0.15, 0.2) is 30.6 Å². The van der Waals surface area contributed by atoms with Crippen molar-refractivity contribution in [2.24, 2.45) is 0 Å². The van der Waals surface area contributed by atoms with Crippen molar-refractivity contribution in [2.45, 2.75) is 19.4 Å². The van der Waals surface area contributed by atoms with Gasteiger partial charge in [0.25, 0.3) is 5.91 Å². The number of carbonyl (C=O) groups excluding carboxylic acids is 1. The minimum atomic E-state index is -0.0266. The maximum Gasteiger partial charge on any atom is 0.274 e. The average molecular weight is 322 g/mol. The second-order valence-electron chi connectivity index (χ2n) is 5.14. The van der Waals surface area contributed by atoms with Crippen molar-refractivity contribution >= 4 is 18.3 Å². The first-order chi connectivity index (χ1) is 10.3. The topological polar surface area (TPSA) is 73.9 Å². The number of aromatic amines is 1. The summed E-state index contributed by atoms with van der Waals surface area (Å²) in [5.74, 6) is -0.0266. The van der Waals surface area contributed by atoms with Crippen LogP contribution in [0.5, 0.6) is 0 Å². The first-order valence-electron chi connectivity index (χ1n) is 7.25. The number of aromatic nitrogens is 3. The lowest BCUT2D eigenvalue weighted by molar-refractivity contribution is 0.0628. The molecule has 0 radical (unpaired) electrons. The quantitative estimate of drug-likeness (QED) is 0.900. The van der Waals surface area contributed by atoms with E-state index in [0.29, 0.717) is 12.2 Å². The second-order valence-corrected chi connectivity index (χ2v) is 5.14. The Morgan fingerprint density at radius 3 is 3.05 bits per heavy atom. The fourth-order valence-corrected chi connectivity index (χ4v) is 2.62. The Labute approximate surface area is 135 Å². The van der Waals surface area contributed by atoms with Crippen molar-refractivity contribution in [2.75, 3.05) is 19.6 Å². The zero-order valence-corrected chi connectivity index (χ0v) is 13.3. The van der Waals surface area contributed by atoms with Crippen LogP contribution in [0.4, 0.5) is 0 Å². The van der Waals surface area contributed by atoms with Gasteiger partial charge in [0.05, 0.1) is 6.04 Å². The van der Waals surface area contributed by atoms with E-state index in [1.165, 1.54) is 0 Å². The van der Waals surface area contributed by atoms with E-state index >= 15 is 0 Å². The number of aryl methyl sites for hydroxylation is 1. The largest absolute Gasteiger partial charge is 0.328 e. The fourth-order valence-electron chi connectivity index (χ4n) is 2.62. The minimum absolute atomic E-state index is 0. The summed E-state index contributed by atoms with van der Waals surface area (Å²) in [6.45, 7) is 4.24. The highest BCUT2D eigenvalue weighted by molar-refractivity contribution is 5.92. The lowest BCUT2D eigenvalue weighted by atomic mass is 10.0. The van der Waals surface area contributed by atoms with Gasteiger partial charge in [-0.3, -0.25) is 14.9 Å². The van der Waals surface area contributed by atoms with Crippen LogP contribution in [-0.2, 0) is 6.42 Å². The SMILES string of the molecule is CCc1cc(C(=O)N2CCNCC2c2cccnc2)n[nH]1.Cl. The number of pyridine rings is 1. The number of hydrogen-bond acceptors (Lipinski definition) is 4. The number of H-pyrrole nitrogens is 1. The van der Waals surface area contributed by atoms with Crippen LogP contribution >= 0.6 is 12.4 Å². The highest BCUT2D eigenvalue weighted by atomic mass is 35.5. The molecule has 118 valence electrons. The van der Waals surface area contributed by atoms with E-state index in [0.717, 1.165) is 30.8 Å². The number of halogens is 1. The predicted octanol–water partition coefficient (Wildman–Crippen LogP) is 1.58. The molecule has 2 N–H and O–H groups in total. The van der Waals surface area contributed by atoms with Crippen molar-refractivity contribution < 1.29 is 4.79 Å². The van der Waals surface area contributed by atoms with Crippen LogP contribution in [0.1, 0.15) is 34.7 Å². The standard InChI is InChI=1S/C15H19N5O.ClH/c1-2-12-8-13(19-18-12)15(21)20-7-6-17-10-14(20)11-4-3-5-16-9-11;/h3-5,8-9,14,17H,2,6-7,10H2,1H3,(H,18,19);1H. The predicted molar refractivity (Wildman–Crippen MR) is 86.1 cm³/mol. The molecule has 2 aromatic heterocycles. The molecular formula is C15H20ClN5O. The third-order valence-electron chi connectivity index (χ3n) is 3.80. The molecule has 1 saturated heterocycles. The summed E-state index contributed by atoms with van der Waals surface area (Å²) in [6, 6.07) is 5.75. The number of hydrogen-bond donors (Lipinski definition) is 2. The van der Waals surface area contributed by atoms with Gasteiger partial charge >= 0.3 is 0 Å². The minimum Gasteiger partial charge on any atom is -0.328 e. The van der Waals surface area contributed by atoms with Gasteiger partial charge in [-0.2, -0.15) is 5.10 Å². The summed E-state index contributed by atoms with van der Waals surface area (Å²) < 4.78 is 0. The van der Waals surface area contributed by atoms with Crippen molar-refractivity contribution in [3.8, 4) is 0 Å². The highest BCUT2D eigenvalue weighted by Crippen LogP contribution is 2.23. The number of amides is 1. The molecule has 3 heterocycles. The normalized spacial score (nSPS) is 17.9. The lowest BCUT2D eigenvalue weighted by Crippen LogP contribution is -2.48. The first-order valence-corrected chi connectivity index (χ1v) is 7.25. The van der Waals surface area contributed by atoms with Crippen molar-refractivity contribution in [1.29, 1.82) is 0 Å². The summed E-state index contributed by atoms with van der Waals surface area (Å²) in [5, 5.41) is 10.4. The van der Waals surface area contributed by atoms with Crippen LogP contribution in [0.3, 0.4) is 0 Å². The van der Waals surface area contributed by atoms with Gasteiger partial charge in [0.15, 0.2) is 0 Å². The van der Waals surface area contributed by atoms with Gasteiger partial charge in [-0.15, -0.1) is 12.4 Å². The van der Waals surface area contributed by atoms with Crippen LogP contribution < -0.4 is 5.32 Å². The molecule has 0 saturated carbocycles. The van der Waals surface area contributed by atoms with Gasteiger partial charge in [-0.1, -0.05) is 13.0 Å². The third kappa shape index (κ3) is 3.28. The first kappa shape index (κ1) is 16.5. The van der Waals surface area contributed by atoms with Crippen molar-refractivity contribution in [1.82, 2.24) is 25.4 Å². The molecule has 22 heavy (non-hydrogen) atoms. The molecule has 7 heteroatoms. The number of nitrogens with zero attached hydrogens (tertiary/aromatic N) is 3. The zero-order chi connectivity index (χ0) is 14.7. The van der Waals surface area contributed by atoms with Gasteiger partial charge in [0, 0.05) is 37.7 Å². The van der Waals surface area contributed by atoms with Crippen LogP contribution in [0, 0.1) is 0 Å². The van der Waals surface area contributed by atoms with E-state index in [9.17, 15) is 4.79 Å².